The second kappa shape index (κ2) is 10.1. The smallest absolute Gasteiger partial charge is 0.224 e. The van der Waals surface area contributed by atoms with Gasteiger partial charge in [-0.05, 0) is 18.5 Å². The predicted octanol–water partition coefficient (Wildman–Crippen LogP) is -0.537. The highest BCUT2D eigenvalue weighted by Crippen LogP contribution is 2.26. The third kappa shape index (κ3) is 5.59. The standard InChI is InChI=1S/C19H28N4O4/c20-9-4-7-16(25)22-18(13-5-2-1-3-6-13)19(27)15-11-14(24)12-23(15)17(26)8-10-21/h1-3,5-6,14-15,18,24H,4,7-12,20-21H2,(H,22,25)/t14-,15+,18?/m1/s1. The number of benzene rings is 1. The first-order valence-corrected chi connectivity index (χ1v) is 9.23. The van der Waals surface area contributed by atoms with Crippen molar-refractivity contribution >= 4 is 17.6 Å². The number of ketones is 1. The fourth-order valence-corrected chi connectivity index (χ4v) is 3.28. The summed E-state index contributed by atoms with van der Waals surface area (Å²) >= 11 is 0. The van der Waals surface area contributed by atoms with Gasteiger partial charge in [-0.1, -0.05) is 30.3 Å². The summed E-state index contributed by atoms with van der Waals surface area (Å²) in [5, 5.41) is 12.8. The van der Waals surface area contributed by atoms with Gasteiger partial charge in [0.1, 0.15) is 6.04 Å². The van der Waals surface area contributed by atoms with E-state index >= 15 is 0 Å². The number of amides is 2. The molecular weight excluding hydrogens is 348 g/mol. The Balaban J connectivity index is 2.24. The van der Waals surface area contributed by atoms with E-state index in [1.807, 2.05) is 6.07 Å². The van der Waals surface area contributed by atoms with Crippen molar-refractivity contribution in [3.05, 3.63) is 35.9 Å². The molecule has 8 nitrogen and oxygen atoms in total. The summed E-state index contributed by atoms with van der Waals surface area (Å²) in [5.41, 5.74) is 11.5. The van der Waals surface area contributed by atoms with Crippen LogP contribution in [0.2, 0.25) is 0 Å². The number of likely N-dealkylation sites (tertiary alicyclic amines) is 1. The van der Waals surface area contributed by atoms with Gasteiger partial charge in [-0.2, -0.15) is 0 Å². The number of nitrogens with two attached hydrogens (primary N) is 2. The van der Waals surface area contributed by atoms with Crippen LogP contribution in [-0.4, -0.2) is 59.4 Å². The molecule has 1 aliphatic heterocycles. The first kappa shape index (κ1) is 21.0. The van der Waals surface area contributed by atoms with Gasteiger partial charge in [0, 0.05) is 32.4 Å². The van der Waals surface area contributed by atoms with E-state index in [0.29, 0.717) is 18.5 Å². The average Bonchev–Trinajstić information content (AvgIpc) is 3.06. The molecule has 0 radical (unpaired) electrons. The topological polar surface area (TPSA) is 139 Å². The third-order valence-corrected chi connectivity index (χ3v) is 4.62. The van der Waals surface area contributed by atoms with Gasteiger partial charge < -0.3 is 26.8 Å². The van der Waals surface area contributed by atoms with Crippen molar-refractivity contribution in [3.63, 3.8) is 0 Å². The van der Waals surface area contributed by atoms with Crippen molar-refractivity contribution in [2.45, 2.75) is 43.9 Å². The van der Waals surface area contributed by atoms with E-state index in [1.54, 1.807) is 24.3 Å². The van der Waals surface area contributed by atoms with Crippen LogP contribution in [0.5, 0.6) is 0 Å². The van der Waals surface area contributed by atoms with Crippen LogP contribution in [0.4, 0.5) is 0 Å². The molecule has 3 atom stereocenters. The van der Waals surface area contributed by atoms with Crippen LogP contribution >= 0.6 is 0 Å². The number of carbonyl (C=O) groups is 3. The van der Waals surface area contributed by atoms with Crippen molar-refractivity contribution in [2.75, 3.05) is 19.6 Å². The van der Waals surface area contributed by atoms with E-state index in [0.717, 1.165) is 0 Å². The Morgan fingerprint density at radius 3 is 2.48 bits per heavy atom. The molecule has 2 rings (SSSR count). The SMILES string of the molecule is NCCCC(=O)NC(C(=O)[C@@H]1C[C@@H](O)CN1C(=O)CCN)c1ccccc1. The van der Waals surface area contributed by atoms with E-state index < -0.39 is 18.2 Å². The highest BCUT2D eigenvalue weighted by Gasteiger charge is 2.41. The fraction of sp³-hybridized carbons (Fsp3) is 0.526. The molecule has 1 aliphatic rings. The quantitative estimate of drug-likeness (QED) is 0.457. The summed E-state index contributed by atoms with van der Waals surface area (Å²) in [6.45, 7) is 0.649. The molecule has 1 aromatic carbocycles. The molecule has 6 N–H and O–H groups in total. The van der Waals surface area contributed by atoms with Crippen molar-refractivity contribution in [1.29, 1.82) is 0 Å². The van der Waals surface area contributed by atoms with Gasteiger partial charge >= 0.3 is 0 Å². The maximum Gasteiger partial charge on any atom is 0.224 e. The molecule has 1 fully saturated rings. The molecule has 148 valence electrons. The van der Waals surface area contributed by atoms with E-state index in [2.05, 4.69) is 5.32 Å². The maximum atomic E-state index is 13.2. The molecule has 1 heterocycles. The Kier molecular flexibility index (Phi) is 7.90. The molecule has 1 saturated heterocycles. The van der Waals surface area contributed by atoms with E-state index in [4.69, 9.17) is 11.5 Å². The lowest BCUT2D eigenvalue weighted by Gasteiger charge is -2.27. The van der Waals surface area contributed by atoms with Crippen molar-refractivity contribution in [3.8, 4) is 0 Å². The maximum absolute atomic E-state index is 13.2. The zero-order valence-corrected chi connectivity index (χ0v) is 15.3. The minimum atomic E-state index is -0.889. The van der Waals surface area contributed by atoms with Crippen LogP contribution in [0.3, 0.4) is 0 Å². The zero-order valence-electron chi connectivity index (χ0n) is 15.3. The van der Waals surface area contributed by atoms with Crippen LogP contribution in [0.15, 0.2) is 30.3 Å². The average molecular weight is 376 g/mol. The molecule has 1 aromatic rings. The minimum absolute atomic E-state index is 0.0951. The number of nitrogens with zero attached hydrogens (tertiary/aromatic N) is 1. The lowest BCUT2D eigenvalue weighted by Crippen LogP contribution is -2.46. The number of hydrogen-bond acceptors (Lipinski definition) is 6. The summed E-state index contributed by atoms with van der Waals surface area (Å²) in [6, 6.07) is 7.20. The normalized spacial score (nSPS) is 20.3. The van der Waals surface area contributed by atoms with Crippen LogP contribution in [0.1, 0.15) is 37.3 Å². The van der Waals surface area contributed by atoms with Crippen LogP contribution in [0.25, 0.3) is 0 Å². The van der Waals surface area contributed by atoms with Crippen molar-refractivity contribution in [1.82, 2.24) is 10.2 Å². The van der Waals surface area contributed by atoms with Crippen molar-refractivity contribution < 1.29 is 19.5 Å². The van der Waals surface area contributed by atoms with Gasteiger partial charge in [0.05, 0.1) is 12.1 Å². The monoisotopic (exact) mass is 376 g/mol. The lowest BCUT2D eigenvalue weighted by atomic mass is 9.95. The number of aliphatic hydroxyl groups excluding tert-OH is 1. The number of β-amino-alcohol motifs (C(OH)–C–C–N with tert-alkyl or cyclic N) is 1. The minimum Gasteiger partial charge on any atom is -0.391 e. The van der Waals surface area contributed by atoms with Gasteiger partial charge in [-0.25, -0.2) is 0 Å². The molecule has 27 heavy (non-hydrogen) atoms. The van der Waals surface area contributed by atoms with Crippen LogP contribution in [-0.2, 0) is 14.4 Å². The molecule has 8 heteroatoms. The summed E-state index contributed by atoms with van der Waals surface area (Å²) in [5.74, 6) is -0.862. The van der Waals surface area contributed by atoms with E-state index in [-0.39, 0.29) is 49.9 Å². The second-order valence-corrected chi connectivity index (χ2v) is 6.70. The molecule has 1 unspecified atom stereocenters. The van der Waals surface area contributed by atoms with Crippen LogP contribution < -0.4 is 16.8 Å². The number of nitrogens with one attached hydrogen (secondary N) is 1. The number of aliphatic hydroxyl groups is 1. The molecule has 0 aliphatic carbocycles. The summed E-state index contributed by atoms with van der Waals surface area (Å²) in [7, 11) is 0. The highest BCUT2D eigenvalue weighted by molar-refractivity contribution is 5.96. The lowest BCUT2D eigenvalue weighted by molar-refractivity contribution is -0.139. The Hall–Kier alpha value is -2.29. The van der Waals surface area contributed by atoms with E-state index in [9.17, 15) is 19.5 Å². The van der Waals surface area contributed by atoms with Crippen molar-refractivity contribution in [2.24, 2.45) is 11.5 Å². The predicted molar refractivity (Wildman–Crippen MR) is 100 cm³/mol. The number of rotatable bonds is 9. The second-order valence-electron chi connectivity index (χ2n) is 6.70. The highest BCUT2D eigenvalue weighted by atomic mass is 16.3. The largest absolute Gasteiger partial charge is 0.391 e. The Morgan fingerprint density at radius 1 is 1.15 bits per heavy atom. The Morgan fingerprint density at radius 2 is 1.85 bits per heavy atom. The molecule has 0 bridgehead atoms. The van der Waals surface area contributed by atoms with Gasteiger partial charge in [-0.15, -0.1) is 0 Å². The van der Waals surface area contributed by atoms with Crippen LogP contribution in [0, 0.1) is 0 Å². The first-order valence-electron chi connectivity index (χ1n) is 9.23. The number of carbonyl (C=O) groups excluding carboxylic acids is 3. The molecule has 0 saturated carbocycles. The molecular formula is C19H28N4O4. The molecule has 0 spiro atoms. The molecule has 2 amide bonds. The van der Waals surface area contributed by atoms with Gasteiger partial charge in [0.2, 0.25) is 11.8 Å². The molecule has 0 aromatic heterocycles. The van der Waals surface area contributed by atoms with Gasteiger partial charge in [0.15, 0.2) is 5.78 Å². The fourth-order valence-electron chi connectivity index (χ4n) is 3.28. The number of Topliss-reactive ketones (excluding diaryl/α,β-unsaturated/α-hetero) is 1. The Bertz CT molecular complexity index is 652. The van der Waals surface area contributed by atoms with Gasteiger partial charge in [-0.3, -0.25) is 14.4 Å². The van der Waals surface area contributed by atoms with E-state index in [1.165, 1.54) is 4.90 Å². The summed E-state index contributed by atoms with van der Waals surface area (Å²) in [4.78, 5) is 39.2. The third-order valence-electron chi connectivity index (χ3n) is 4.62. The number of hydrogen-bond donors (Lipinski definition) is 4. The Labute approximate surface area is 158 Å². The van der Waals surface area contributed by atoms with Gasteiger partial charge in [0.25, 0.3) is 0 Å². The summed E-state index contributed by atoms with van der Waals surface area (Å²) in [6.07, 6.45) is 0.220. The summed E-state index contributed by atoms with van der Waals surface area (Å²) < 4.78 is 0. The zero-order chi connectivity index (χ0) is 19.8. The first-order chi connectivity index (χ1) is 13.0.